The van der Waals surface area contributed by atoms with E-state index in [0.717, 1.165) is 50.0 Å². The van der Waals surface area contributed by atoms with Crippen LogP contribution in [0.1, 0.15) is 18.4 Å². The molecule has 0 aromatic heterocycles. The number of ether oxygens (including phenoxy) is 4. The summed E-state index contributed by atoms with van der Waals surface area (Å²) in [6.07, 6.45) is 2.58. The van der Waals surface area contributed by atoms with Crippen molar-refractivity contribution in [3.05, 3.63) is 17.7 Å². The van der Waals surface area contributed by atoms with Crippen LogP contribution < -0.4 is 19.5 Å². The number of likely N-dealkylation sites (tertiary alicyclic amines) is 1. The number of methoxy groups -OCH3 is 1. The zero-order valence-corrected chi connectivity index (χ0v) is 15.5. The van der Waals surface area contributed by atoms with Crippen LogP contribution in [0.2, 0.25) is 0 Å². The first-order valence-corrected chi connectivity index (χ1v) is 8.75. The quantitative estimate of drug-likeness (QED) is 0.773. The molecule has 4 rings (SSSR count). The van der Waals surface area contributed by atoms with Gasteiger partial charge in [-0.25, -0.2) is 0 Å². The van der Waals surface area contributed by atoms with Crippen molar-refractivity contribution in [3.8, 4) is 17.2 Å². The topological polar surface area (TPSA) is 52.2 Å². The van der Waals surface area contributed by atoms with Crippen molar-refractivity contribution in [2.24, 2.45) is 5.41 Å². The Morgan fingerprint density at radius 2 is 2.04 bits per heavy atom. The van der Waals surface area contributed by atoms with Gasteiger partial charge in [0.15, 0.2) is 11.5 Å². The van der Waals surface area contributed by atoms with Crippen molar-refractivity contribution in [2.45, 2.75) is 19.4 Å². The first-order chi connectivity index (χ1) is 11.8. The predicted octanol–water partition coefficient (Wildman–Crippen LogP) is 2.05. The molecular formula is C18H27ClN2O4. The van der Waals surface area contributed by atoms with E-state index in [-0.39, 0.29) is 19.2 Å². The van der Waals surface area contributed by atoms with Gasteiger partial charge in [-0.05, 0) is 37.4 Å². The second kappa shape index (κ2) is 7.99. The van der Waals surface area contributed by atoms with Crippen molar-refractivity contribution in [2.75, 3.05) is 53.3 Å². The molecule has 0 bridgehead atoms. The van der Waals surface area contributed by atoms with Gasteiger partial charge in [0.25, 0.3) is 0 Å². The summed E-state index contributed by atoms with van der Waals surface area (Å²) in [6, 6.07) is 4.03. The monoisotopic (exact) mass is 370 g/mol. The van der Waals surface area contributed by atoms with Gasteiger partial charge >= 0.3 is 0 Å². The Balaban J connectivity index is 0.00000182. The molecule has 3 heterocycles. The second-order valence-electron chi connectivity index (χ2n) is 7.04. The van der Waals surface area contributed by atoms with Crippen LogP contribution in [-0.4, -0.2) is 58.2 Å². The van der Waals surface area contributed by atoms with Crippen molar-refractivity contribution < 1.29 is 18.9 Å². The zero-order valence-electron chi connectivity index (χ0n) is 14.7. The van der Waals surface area contributed by atoms with Gasteiger partial charge in [-0.1, -0.05) is 0 Å². The summed E-state index contributed by atoms with van der Waals surface area (Å²) in [5, 5.41) is 3.52. The highest BCUT2D eigenvalue weighted by Gasteiger charge is 2.40. The highest BCUT2D eigenvalue weighted by atomic mass is 35.5. The highest BCUT2D eigenvalue weighted by molar-refractivity contribution is 5.85. The van der Waals surface area contributed by atoms with E-state index < -0.39 is 0 Å². The number of halogens is 1. The van der Waals surface area contributed by atoms with Crippen molar-refractivity contribution in [1.29, 1.82) is 0 Å². The Labute approximate surface area is 155 Å². The van der Waals surface area contributed by atoms with Gasteiger partial charge < -0.3 is 24.3 Å². The smallest absolute Gasteiger partial charge is 0.231 e. The van der Waals surface area contributed by atoms with Gasteiger partial charge in [0.05, 0.1) is 6.61 Å². The average molecular weight is 371 g/mol. The maximum absolute atomic E-state index is 5.93. The van der Waals surface area contributed by atoms with Gasteiger partial charge in [0.1, 0.15) is 12.4 Å². The van der Waals surface area contributed by atoms with E-state index in [9.17, 15) is 0 Å². The molecule has 140 valence electrons. The summed E-state index contributed by atoms with van der Waals surface area (Å²) in [7, 11) is 1.68. The van der Waals surface area contributed by atoms with Crippen LogP contribution in [0.5, 0.6) is 17.2 Å². The number of hydrogen-bond acceptors (Lipinski definition) is 6. The SMILES string of the molecule is COCCOc1cc2c(cc1CN1CCC3(CCNC3)C1)OCO2.Cl. The predicted molar refractivity (Wildman–Crippen MR) is 97.0 cm³/mol. The minimum Gasteiger partial charge on any atom is -0.491 e. The molecule has 2 fully saturated rings. The van der Waals surface area contributed by atoms with E-state index in [1.807, 2.05) is 6.07 Å². The number of hydrogen-bond donors (Lipinski definition) is 1. The van der Waals surface area contributed by atoms with Crippen LogP contribution >= 0.6 is 12.4 Å². The molecule has 1 atom stereocenters. The molecular weight excluding hydrogens is 344 g/mol. The Morgan fingerprint density at radius 1 is 1.20 bits per heavy atom. The number of rotatable bonds is 6. The molecule has 0 saturated carbocycles. The molecule has 1 aromatic rings. The summed E-state index contributed by atoms with van der Waals surface area (Å²) in [5.41, 5.74) is 1.64. The van der Waals surface area contributed by atoms with E-state index in [2.05, 4.69) is 16.3 Å². The lowest BCUT2D eigenvalue weighted by Crippen LogP contribution is -2.29. The Bertz CT molecular complexity index is 593. The van der Waals surface area contributed by atoms with Crippen molar-refractivity contribution in [1.82, 2.24) is 10.2 Å². The molecule has 25 heavy (non-hydrogen) atoms. The Morgan fingerprint density at radius 3 is 2.80 bits per heavy atom. The lowest BCUT2D eigenvalue weighted by atomic mass is 9.86. The zero-order chi connectivity index (χ0) is 16.4. The largest absolute Gasteiger partial charge is 0.491 e. The maximum Gasteiger partial charge on any atom is 0.231 e. The van der Waals surface area contributed by atoms with Crippen LogP contribution in [0.15, 0.2) is 12.1 Å². The molecule has 2 saturated heterocycles. The van der Waals surface area contributed by atoms with E-state index >= 15 is 0 Å². The number of benzene rings is 1. The minimum absolute atomic E-state index is 0. The molecule has 6 nitrogen and oxygen atoms in total. The molecule has 0 aliphatic carbocycles. The molecule has 1 spiro atoms. The maximum atomic E-state index is 5.93. The lowest BCUT2D eigenvalue weighted by molar-refractivity contribution is 0.144. The van der Waals surface area contributed by atoms with Crippen LogP contribution in [0.4, 0.5) is 0 Å². The van der Waals surface area contributed by atoms with Crippen molar-refractivity contribution >= 4 is 12.4 Å². The summed E-state index contributed by atoms with van der Waals surface area (Å²) in [4.78, 5) is 2.54. The van der Waals surface area contributed by atoms with E-state index in [0.29, 0.717) is 18.6 Å². The second-order valence-corrected chi connectivity index (χ2v) is 7.04. The van der Waals surface area contributed by atoms with Crippen LogP contribution in [0.3, 0.4) is 0 Å². The molecule has 0 amide bonds. The summed E-state index contributed by atoms with van der Waals surface area (Å²) in [6.45, 7) is 6.91. The Hall–Kier alpha value is -1.21. The van der Waals surface area contributed by atoms with E-state index in [4.69, 9.17) is 18.9 Å². The molecule has 1 unspecified atom stereocenters. The molecule has 0 radical (unpaired) electrons. The normalized spacial score (nSPS) is 24.7. The first kappa shape index (κ1) is 18.6. The third-order valence-electron chi connectivity index (χ3n) is 5.34. The number of fused-ring (bicyclic) bond motifs is 1. The summed E-state index contributed by atoms with van der Waals surface area (Å²) < 4.78 is 22.1. The first-order valence-electron chi connectivity index (χ1n) is 8.75. The van der Waals surface area contributed by atoms with Gasteiger partial charge in [0.2, 0.25) is 6.79 Å². The average Bonchev–Trinajstić information content (AvgIpc) is 3.31. The summed E-state index contributed by atoms with van der Waals surface area (Å²) >= 11 is 0. The van der Waals surface area contributed by atoms with Crippen LogP contribution in [0, 0.1) is 5.41 Å². The summed E-state index contributed by atoms with van der Waals surface area (Å²) in [5.74, 6) is 2.46. The van der Waals surface area contributed by atoms with Gasteiger partial charge in [-0.15, -0.1) is 12.4 Å². The number of nitrogens with one attached hydrogen (secondary N) is 1. The van der Waals surface area contributed by atoms with Crippen molar-refractivity contribution in [3.63, 3.8) is 0 Å². The fraction of sp³-hybridized carbons (Fsp3) is 0.667. The van der Waals surface area contributed by atoms with Crippen LogP contribution in [-0.2, 0) is 11.3 Å². The van der Waals surface area contributed by atoms with Gasteiger partial charge in [-0.2, -0.15) is 0 Å². The lowest BCUT2D eigenvalue weighted by Gasteiger charge is -2.23. The fourth-order valence-electron chi connectivity index (χ4n) is 4.01. The van der Waals surface area contributed by atoms with Crippen LogP contribution in [0.25, 0.3) is 0 Å². The third-order valence-corrected chi connectivity index (χ3v) is 5.34. The number of nitrogens with zero attached hydrogens (tertiary/aromatic N) is 1. The molecule has 1 aromatic carbocycles. The molecule has 7 heteroatoms. The van der Waals surface area contributed by atoms with E-state index in [1.54, 1.807) is 7.11 Å². The molecule has 3 aliphatic heterocycles. The highest BCUT2D eigenvalue weighted by Crippen LogP contribution is 2.41. The fourth-order valence-corrected chi connectivity index (χ4v) is 4.01. The molecule has 1 N–H and O–H groups in total. The van der Waals surface area contributed by atoms with E-state index in [1.165, 1.54) is 18.4 Å². The standard InChI is InChI=1S/C18H26N2O4.ClH/c1-21-6-7-22-15-9-17-16(23-13-24-17)8-14(15)10-20-5-3-18(12-20)2-4-19-11-18;/h8-9,19H,2-7,10-13H2,1H3;1H. The van der Waals surface area contributed by atoms with Gasteiger partial charge in [-0.3, -0.25) is 4.90 Å². The minimum atomic E-state index is 0. The van der Waals surface area contributed by atoms with Gasteiger partial charge in [0, 0.05) is 38.4 Å². The Kier molecular flexibility index (Phi) is 5.94. The third kappa shape index (κ3) is 3.97. The molecule has 3 aliphatic rings.